The highest BCUT2D eigenvalue weighted by Crippen LogP contribution is 2.14. The van der Waals surface area contributed by atoms with Gasteiger partial charge in [-0.2, -0.15) is 0 Å². The van der Waals surface area contributed by atoms with Crippen molar-refractivity contribution in [2.24, 2.45) is 0 Å². The Kier molecular flexibility index (Phi) is 4.16. The highest BCUT2D eigenvalue weighted by molar-refractivity contribution is 5.99. The van der Waals surface area contributed by atoms with Gasteiger partial charge in [-0.15, -0.1) is 0 Å². The molecule has 7 nitrogen and oxygen atoms in total. The first kappa shape index (κ1) is 14.2. The Bertz CT molecular complexity index is 529. The molecule has 7 heteroatoms. The zero-order valence-electron chi connectivity index (χ0n) is 11.6. The van der Waals surface area contributed by atoms with Crippen LogP contribution in [-0.4, -0.2) is 34.4 Å². The summed E-state index contributed by atoms with van der Waals surface area (Å²) in [5, 5.41) is 5.39. The predicted octanol–water partition coefficient (Wildman–Crippen LogP) is 0.191. The van der Waals surface area contributed by atoms with Gasteiger partial charge in [0.1, 0.15) is 11.9 Å². The summed E-state index contributed by atoms with van der Waals surface area (Å²) in [7, 11) is 0. The largest absolute Gasteiger partial charge is 0.396 e. The van der Waals surface area contributed by atoms with Crippen LogP contribution in [0.25, 0.3) is 0 Å². The number of carbonyl (C=O) groups excluding carboxylic acids is 2. The number of nitrogens with one attached hydrogen (secondary N) is 2. The number of piperidine rings is 1. The maximum Gasteiger partial charge on any atom is 0.272 e. The smallest absolute Gasteiger partial charge is 0.272 e. The maximum absolute atomic E-state index is 12.2. The quantitative estimate of drug-likeness (QED) is 0.730. The van der Waals surface area contributed by atoms with E-state index in [1.807, 2.05) is 13.8 Å². The summed E-state index contributed by atoms with van der Waals surface area (Å²) in [5.74, 6) is 0.0488. The van der Waals surface area contributed by atoms with Crippen molar-refractivity contribution in [1.82, 2.24) is 20.6 Å². The number of amides is 2. The molecule has 2 amide bonds. The SMILES string of the molecule is CC(C)c1ncc(N)c(C(=O)NC2CCCNC2=O)n1. The monoisotopic (exact) mass is 277 g/mol. The number of hydrogen-bond acceptors (Lipinski definition) is 5. The minimum atomic E-state index is -0.520. The molecule has 0 spiro atoms. The molecule has 4 N–H and O–H groups in total. The maximum atomic E-state index is 12.2. The van der Waals surface area contributed by atoms with Gasteiger partial charge in [0, 0.05) is 12.5 Å². The molecule has 0 aromatic carbocycles. The van der Waals surface area contributed by atoms with Gasteiger partial charge in [-0.3, -0.25) is 9.59 Å². The summed E-state index contributed by atoms with van der Waals surface area (Å²) in [6.45, 7) is 4.52. The molecule has 1 aromatic rings. The second-order valence-electron chi connectivity index (χ2n) is 5.15. The van der Waals surface area contributed by atoms with Crippen molar-refractivity contribution in [3.8, 4) is 0 Å². The van der Waals surface area contributed by atoms with E-state index in [2.05, 4.69) is 20.6 Å². The van der Waals surface area contributed by atoms with E-state index in [0.29, 0.717) is 18.8 Å². The summed E-state index contributed by atoms with van der Waals surface area (Å²) in [6.07, 6.45) is 2.89. The minimum Gasteiger partial charge on any atom is -0.396 e. The summed E-state index contributed by atoms with van der Waals surface area (Å²) < 4.78 is 0. The van der Waals surface area contributed by atoms with Crippen molar-refractivity contribution in [3.05, 3.63) is 17.7 Å². The van der Waals surface area contributed by atoms with E-state index in [1.165, 1.54) is 6.20 Å². The number of carbonyl (C=O) groups is 2. The van der Waals surface area contributed by atoms with Crippen LogP contribution in [0.4, 0.5) is 5.69 Å². The molecule has 0 radical (unpaired) electrons. The second kappa shape index (κ2) is 5.85. The number of aromatic nitrogens is 2. The number of nitrogen functional groups attached to an aromatic ring is 1. The first-order valence-electron chi connectivity index (χ1n) is 6.70. The molecule has 20 heavy (non-hydrogen) atoms. The molecule has 1 saturated heterocycles. The molecule has 1 fully saturated rings. The zero-order valence-corrected chi connectivity index (χ0v) is 11.6. The molecule has 2 rings (SSSR count). The Balaban J connectivity index is 2.16. The molecule has 1 aliphatic rings. The lowest BCUT2D eigenvalue weighted by atomic mass is 10.1. The van der Waals surface area contributed by atoms with Gasteiger partial charge < -0.3 is 16.4 Å². The van der Waals surface area contributed by atoms with Gasteiger partial charge in [0.15, 0.2) is 5.69 Å². The zero-order chi connectivity index (χ0) is 14.7. The average Bonchev–Trinajstić information content (AvgIpc) is 2.41. The third-order valence-corrected chi connectivity index (χ3v) is 3.16. The van der Waals surface area contributed by atoms with Crippen molar-refractivity contribution in [2.45, 2.75) is 38.6 Å². The molecule has 2 heterocycles. The van der Waals surface area contributed by atoms with Crippen LogP contribution in [-0.2, 0) is 4.79 Å². The number of nitrogens with zero attached hydrogens (tertiary/aromatic N) is 2. The fourth-order valence-electron chi connectivity index (χ4n) is 2.00. The Morgan fingerprint density at radius 1 is 1.55 bits per heavy atom. The fraction of sp³-hybridized carbons (Fsp3) is 0.538. The summed E-state index contributed by atoms with van der Waals surface area (Å²) in [6, 6.07) is -0.520. The lowest BCUT2D eigenvalue weighted by molar-refractivity contribution is -0.124. The fourth-order valence-corrected chi connectivity index (χ4v) is 2.00. The third-order valence-electron chi connectivity index (χ3n) is 3.16. The van der Waals surface area contributed by atoms with Gasteiger partial charge in [0.2, 0.25) is 5.91 Å². The van der Waals surface area contributed by atoms with Gasteiger partial charge in [0.05, 0.1) is 11.9 Å². The lowest BCUT2D eigenvalue weighted by Crippen LogP contribution is -2.50. The predicted molar refractivity (Wildman–Crippen MR) is 74.0 cm³/mol. The van der Waals surface area contributed by atoms with Crippen molar-refractivity contribution >= 4 is 17.5 Å². The molecule has 0 aliphatic carbocycles. The standard InChI is InChI=1S/C13H19N5O2/c1-7(2)11-16-6-8(14)10(18-11)13(20)17-9-4-3-5-15-12(9)19/h6-7,9H,3-5,14H2,1-2H3,(H,15,19)(H,17,20). The highest BCUT2D eigenvalue weighted by atomic mass is 16.2. The van der Waals surface area contributed by atoms with E-state index >= 15 is 0 Å². The average molecular weight is 277 g/mol. The molecule has 108 valence electrons. The van der Waals surface area contributed by atoms with Gasteiger partial charge in [-0.05, 0) is 12.8 Å². The van der Waals surface area contributed by atoms with E-state index in [4.69, 9.17) is 5.73 Å². The molecule has 1 atom stereocenters. The number of nitrogens with two attached hydrogens (primary N) is 1. The summed E-state index contributed by atoms with van der Waals surface area (Å²) in [5.41, 5.74) is 6.08. The lowest BCUT2D eigenvalue weighted by Gasteiger charge is -2.22. The van der Waals surface area contributed by atoms with Gasteiger partial charge in [0.25, 0.3) is 5.91 Å². The van der Waals surface area contributed by atoms with Crippen LogP contribution >= 0.6 is 0 Å². The van der Waals surface area contributed by atoms with Gasteiger partial charge in [-0.25, -0.2) is 9.97 Å². The van der Waals surface area contributed by atoms with E-state index in [0.717, 1.165) is 6.42 Å². The van der Waals surface area contributed by atoms with Crippen molar-refractivity contribution in [1.29, 1.82) is 0 Å². The molecular formula is C13H19N5O2. The van der Waals surface area contributed by atoms with Crippen LogP contribution in [0.5, 0.6) is 0 Å². The molecule has 0 bridgehead atoms. The number of rotatable bonds is 3. The molecule has 1 unspecified atom stereocenters. The minimum absolute atomic E-state index is 0.0973. The van der Waals surface area contributed by atoms with E-state index in [1.54, 1.807) is 0 Å². The Morgan fingerprint density at radius 3 is 2.95 bits per heavy atom. The first-order valence-corrected chi connectivity index (χ1v) is 6.70. The number of hydrogen-bond donors (Lipinski definition) is 3. The van der Waals surface area contributed by atoms with Crippen molar-refractivity contribution in [2.75, 3.05) is 12.3 Å². The van der Waals surface area contributed by atoms with Crippen molar-refractivity contribution < 1.29 is 9.59 Å². The van der Waals surface area contributed by atoms with E-state index < -0.39 is 11.9 Å². The molecule has 1 aliphatic heterocycles. The number of anilines is 1. The van der Waals surface area contributed by atoms with Gasteiger partial charge in [-0.1, -0.05) is 13.8 Å². The molecule has 1 aromatic heterocycles. The van der Waals surface area contributed by atoms with Crippen LogP contribution in [0, 0.1) is 0 Å². The van der Waals surface area contributed by atoms with E-state index in [9.17, 15) is 9.59 Å². The Labute approximate surface area is 117 Å². The second-order valence-corrected chi connectivity index (χ2v) is 5.15. The van der Waals surface area contributed by atoms with Crippen LogP contribution in [0.15, 0.2) is 6.20 Å². The summed E-state index contributed by atoms with van der Waals surface area (Å²) in [4.78, 5) is 32.1. The van der Waals surface area contributed by atoms with Gasteiger partial charge >= 0.3 is 0 Å². The van der Waals surface area contributed by atoms with Crippen LogP contribution in [0.3, 0.4) is 0 Å². The Morgan fingerprint density at radius 2 is 2.30 bits per heavy atom. The first-order chi connectivity index (χ1) is 9.49. The highest BCUT2D eigenvalue weighted by Gasteiger charge is 2.25. The normalized spacial score (nSPS) is 18.8. The van der Waals surface area contributed by atoms with Crippen molar-refractivity contribution in [3.63, 3.8) is 0 Å². The topological polar surface area (TPSA) is 110 Å². The third kappa shape index (κ3) is 3.04. The van der Waals surface area contributed by atoms with Crippen LogP contribution < -0.4 is 16.4 Å². The molecular weight excluding hydrogens is 258 g/mol. The van der Waals surface area contributed by atoms with E-state index in [-0.39, 0.29) is 23.2 Å². The molecule has 0 saturated carbocycles. The Hall–Kier alpha value is -2.18. The summed E-state index contributed by atoms with van der Waals surface area (Å²) >= 11 is 0. The van der Waals surface area contributed by atoms with Crippen LogP contribution in [0.1, 0.15) is 48.9 Å². The van der Waals surface area contributed by atoms with Crippen LogP contribution in [0.2, 0.25) is 0 Å².